The predicted molar refractivity (Wildman–Crippen MR) is 33.8 cm³/mol. The van der Waals surface area contributed by atoms with E-state index >= 15 is 0 Å². The Hall–Kier alpha value is -0.300. The van der Waals surface area contributed by atoms with E-state index in [1.54, 1.807) is 0 Å². The van der Waals surface area contributed by atoms with Gasteiger partial charge in [-0.3, -0.25) is 0 Å². The average molecular weight is 112 g/mol. The lowest BCUT2D eigenvalue weighted by molar-refractivity contribution is 0.0696. The lowest BCUT2D eigenvalue weighted by atomic mass is 10.3. The molecule has 0 amide bonds. The van der Waals surface area contributed by atoms with E-state index < -0.39 is 0 Å². The molecule has 0 aliphatic carbocycles. The normalized spacial score (nSPS) is 36.2. The minimum Gasteiger partial charge on any atom is -0.367 e. The highest BCUT2D eigenvalue weighted by atomic mass is 16.5. The number of hydrogen-bond donors (Lipinski definition) is 0. The van der Waals surface area contributed by atoms with Crippen LogP contribution in [0.3, 0.4) is 0 Å². The van der Waals surface area contributed by atoms with Gasteiger partial charge in [0.1, 0.15) is 0 Å². The molecule has 0 saturated carbocycles. The van der Waals surface area contributed by atoms with Crippen LogP contribution < -0.4 is 0 Å². The van der Waals surface area contributed by atoms with Gasteiger partial charge < -0.3 is 4.74 Å². The van der Waals surface area contributed by atoms with Crippen LogP contribution in [0.15, 0.2) is 12.2 Å². The van der Waals surface area contributed by atoms with Crippen LogP contribution in [0.5, 0.6) is 0 Å². The van der Waals surface area contributed by atoms with Crippen LogP contribution in [0.2, 0.25) is 0 Å². The quantitative estimate of drug-likeness (QED) is 0.469. The number of hydrogen-bond acceptors (Lipinski definition) is 1. The van der Waals surface area contributed by atoms with Gasteiger partial charge in [0.15, 0.2) is 0 Å². The summed E-state index contributed by atoms with van der Waals surface area (Å²) >= 11 is 0. The Kier molecular flexibility index (Phi) is 1.69. The smallest absolute Gasteiger partial charge is 0.0762 e. The molecule has 0 spiro atoms. The number of ether oxygens (including phenoxy) is 1. The van der Waals surface area contributed by atoms with Crippen molar-refractivity contribution in [3.8, 4) is 0 Å². The second kappa shape index (κ2) is 2.31. The first-order valence-electron chi connectivity index (χ1n) is 3.16. The maximum absolute atomic E-state index is 5.40. The fourth-order valence-corrected chi connectivity index (χ4v) is 0.879. The summed E-state index contributed by atoms with van der Waals surface area (Å²) < 4.78 is 5.40. The van der Waals surface area contributed by atoms with Gasteiger partial charge in [0.25, 0.3) is 0 Å². The molecular formula is C7H12O. The maximum atomic E-state index is 5.40. The van der Waals surface area contributed by atoms with Gasteiger partial charge in [-0.1, -0.05) is 19.1 Å². The van der Waals surface area contributed by atoms with E-state index in [9.17, 15) is 0 Å². The molecule has 8 heavy (non-hydrogen) atoms. The topological polar surface area (TPSA) is 9.23 Å². The van der Waals surface area contributed by atoms with Crippen LogP contribution in [-0.4, -0.2) is 12.2 Å². The Labute approximate surface area is 50.3 Å². The molecule has 0 saturated heterocycles. The second-order valence-electron chi connectivity index (χ2n) is 2.17. The molecule has 1 aliphatic heterocycles. The molecule has 1 heteroatoms. The van der Waals surface area contributed by atoms with Crippen molar-refractivity contribution in [3.63, 3.8) is 0 Å². The monoisotopic (exact) mass is 112 g/mol. The summed E-state index contributed by atoms with van der Waals surface area (Å²) in [6.07, 6.45) is 6.07. The van der Waals surface area contributed by atoms with Crippen LogP contribution in [0.25, 0.3) is 0 Å². The SMILES string of the molecule is CC[C@H]1C=C[C@@H](C)O1. The Morgan fingerprint density at radius 3 is 2.50 bits per heavy atom. The van der Waals surface area contributed by atoms with Gasteiger partial charge in [-0.15, -0.1) is 0 Å². The zero-order chi connectivity index (χ0) is 5.98. The van der Waals surface area contributed by atoms with E-state index in [1.165, 1.54) is 0 Å². The fraction of sp³-hybridized carbons (Fsp3) is 0.714. The molecule has 1 rings (SSSR count). The summed E-state index contributed by atoms with van der Waals surface area (Å²) in [6.45, 7) is 4.19. The van der Waals surface area contributed by atoms with Gasteiger partial charge >= 0.3 is 0 Å². The molecule has 46 valence electrons. The zero-order valence-corrected chi connectivity index (χ0v) is 5.42. The highest BCUT2D eigenvalue weighted by molar-refractivity contribution is 4.99. The molecule has 0 aromatic carbocycles. The lowest BCUT2D eigenvalue weighted by Crippen LogP contribution is -2.06. The van der Waals surface area contributed by atoms with E-state index in [1.807, 2.05) is 0 Å². The molecule has 0 fully saturated rings. The lowest BCUT2D eigenvalue weighted by Gasteiger charge is -2.06. The van der Waals surface area contributed by atoms with Crippen molar-refractivity contribution in [2.24, 2.45) is 0 Å². The van der Waals surface area contributed by atoms with E-state index in [0.717, 1.165) is 6.42 Å². The molecule has 0 radical (unpaired) electrons. The molecule has 1 heterocycles. The first-order valence-corrected chi connectivity index (χ1v) is 3.16. The molecule has 0 unspecified atom stereocenters. The molecule has 0 N–H and O–H groups in total. The maximum Gasteiger partial charge on any atom is 0.0762 e. The Bertz CT molecular complexity index is 96.6. The third kappa shape index (κ3) is 1.10. The summed E-state index contributed by atoms with van der Waals surface area (Å²) in [7, 11) is 0. The predicted octanol–water partition coefficient (Wildman–Crippen LogP) is 1.74. The van der Waals surface area contributed by atoms with E-state index in [2.05, 4.69) is 26.0 Å². The van der Waals surface area contributed by atoms with Crippen molar-refractivity contribution in [2.45, 2.75) is 32.5 Å². The summed E-state index contributed by atoms with van der Waals surface area (Å²) in [5.74, 6) is 0. The summed E-state index contributed by atoms with van der Waals surface area (Å²) in [6, 6.07) is 0. The van der Waals surface area contributed by atoms with Crippen LogP contribution in [0.1, 0.15) is 20.3 Å². The highest BCUT2D eigenvalue weighted by Gasteiger charge is 2.11. The molecule has 2 atom stereocenters. The number of rotatable bonds is 1. The minimum absolute atomic E-state index is 0.347. The second-order valence-corrected chi connectivity index (χ2v) is 2.17. The van der Waals surface area contributed by atoms with E-state index in [0.29, 0.717) is 12.2 Å². The summed E-state index contributed by atoms with van der Waals surface area (Å²) in [5, 5.41) is 0. The largest absolute Gasteiger partial charge is 0.367 e. The van der Waals surface area contributed by atoms with Gasteiger partial charge in [0.05, 0.1) is 12.2 Å². The Balaban J connectivity index is 2.34. The van der Waals surface area contributed by atoms with E-state index in [4.69, 9.17) is 4.74 Å². The van der Waals surface area contributed by atoms with Crippen LogP contribution in [0, 0.1) is 0 Å². The minimum atomic E-state index is 0.347. The van der Waals surface area contributed by atoms with Gasteiger partial charge in [0, 0.05) is 0 Å². The van der Waals surface area contributed by atoms with Crippen LogP contribution in [0.4, 0.5) is 0 Å². The van der Waals surface area contributed by atoms with Gasteiger partial charge in [-0.05, 0) is 13.3 Å². The first-order chi connectivity index (χ1) is 3.83. The van der Waals surface area contributed by atoms with Crippen molar-refractivity contribution in [1.29, 1.82) is 0 Å². The molecule has 1 aliphatic rings. The molecule has 0 aromatic rings. The molecule has 0 aromatic heterocycles. The van der Waals surface area contributed by atoms with Gasteiger partial charge in [-0.2, -0.15) is 0 Å². The van der Waals surface area contributed by atoms with Crippen molar-refractivity contribution in [1.82, 2.24) is 0 Å². The Morgan fingerprint density at radius 1 is 1.50 bits per heavy atom. The molecular weight excluding hydrogens is 100 g/mol. The van der Waals surface area contributed by atoms with Gasteiger partial charge in [0.2, 0.25) is 0 Å². The zero-order valence-electron chi connectivity index (χ0n) is 5.42. The summed E-state index contributed by atoms with van der Waals surface area (Å²) in [4.78, 5) is 0. The van der Waals surface area contributed by atoms with E-state index in [-0.39, 0.29) is 0 Å². The molecule has 0 bridgehead atoms. The Morgan fingerprint density at radius 2 is 2.25 bits per heavy atom. The van der Waals surface area contributed by atoms with Crippen LogP contribution in [-0.2, 0) is 4.74 Å². The van der Waals surface area contributed by atoms with Gasteiger partial charge in [-0.25, -0.2) is 0 Å². The fourth-order valence-electron chi connectivity index (χ4n) is 0.879. The third-order valence-corrected chi connectivity index (χ3v) is 1.39. The third-order valence-electron chi connectivity index (χ3n) is 1.39. The van der Waals surface area contributed by atoms with Crippen LogP contribution >= 0.6 is 0 Å². The molecule has 1 nitrogen and oxygen atoms in total. The van der Waals surface area contributed by atoms with Crippen molar-refractivity contribution in [2.75, 3.05) is 0 Å². The first kappa shape index (κ1) is 5.83. The van der Waals surface area contributed by atoms with Crippen molar-refractivity contribution >= 4 is 0 Å². The summed E-state index contributed by atoms with van der Waals surface area (Å²) in [5.41, 5.74) is 0. The van der Waals surface area contributed by atoms with Crippen molar-refractivity contribution in [3.05, 3.63) is 12.2 Å². The highest BCUT2D eigenvalue weighted by Crippen LogP contribution is 2.12. The average Bonchev–Trinajstić information content (AvgIpc) is 2.14. The van der Waals surface area contributed by atoms with Crippen molar-refractivity contribution < 1.29 is 4.74 Å². The standard InChI is InChI=1S/C7H12O/c1-3-7-5-4-6(2)8-7/h4-7H,3H2,1-2H3/t6-,7+/m1/s1.